The molecule has 1 aromatic heterocycles. The van der Waals surface area contributed by atoms with Crippen molar-refractivity contribution in [1.29, 1.82) is 0 Å². The van der Waals surface area contributed by atoms with E-state index in [1.165, 1.54) is 18.4 Å². The summed E-state index contributed by atoms with van der Waals surface area (Å²) in [5.41, 5.74) is 1.36. The van der Waals surface area contributed by atoms with Gasteiger partial charge in [0.05, 0.1) is 7.11 Å². The van der Waals surface area contributed by atoms with Crippen LogP contribution >= 0.6 is 11.3 Å². The van der Waals surface area contributed by atoms with Crippen molar-refractivity contribution in [2.24, 2.45) is 0 Å². The number of ether oxygens (including phenoxy) is 1. The first-order valence-corrected chi connectivity index (χ1v) is 8.71. The summed E-state index contributed by atoms with van der Waals surface area (Å²) in [5.74, 6) is 0. The lowest BCUT2D eigenvalue weighted by molar-refractivity contribution is 0.187. The molecule has 0 spiro atoms. The van der Waals surface area contributed by atoms with Crippen molar-refractivity contribution < 1.29 is 17.9 Å². The Kier molecular flexibility index (Phi) is 5.17. The van der Waals surface area contributed by atoms with Crippen molar-refractivity contribution in [2.45, 2.75) is 17.7 Å². The Morgan fingerprint density at radius 2 is 1.86 bits per heavy atom. The van der Waals surface area contributed by atoms with E-state index in [1.807, 2.05) is 6.92 Å². The molecule has 0 atom stereocenters. The lowest BCUT2D eigenvalue weighted by Crippen LogP contribution is -2.22. The van der Waals surface area contributed by atoms with Gasteiger partial charge in [-0.25, -0.2) is 17.9 Å². The van der Waals surface area contributed by atoms with E-state index in [0.717, 1.165) is 10.4 Å². The summed E-state index contributed by atoms with van der Waals surface area (Å²) >= 11 is 1.23. The Labute approximate surface area is 133 Å². The second-order valence-corrected chi connectivity index (χ2v) is 7.78. The summed E-state index contributed by atoms with van der Waals surface area (Å²) < 4.78 is 31.5. The number of aryl methyl sites for hydroxylation is 1. The molecule has 0 aliphatic rings. The van der Waals surface area contributed by atoms with Gasteiger partial charge in [-0.3, -0.25) is 5.32 Å². The lowest BCUT2D eigenvalue weighted by Gasteiger charge is -2.07. The zero-order valence-corrected chi connectivity index (χ0v) is 13.8. The van der Waals surface area contributed by atoms with Crippen LogP contribution in [-0.2, 0) is 21.3 Å². The minimum Gasteiger partial charge on any atom is -0.453 e. The van der Waals surface area contributed by atoms with Crippen molar-refractivity contribution in [3.05, 3.63) is 46.8 Å². The van der Waals surface area contributed by atoms with Gasteiger partial charge in [0.2, 0.25) is 10.0 Å². The molecule has 2 N–H and O–H groups in total. The standard InChI is InChI=1S/C14H16N2O4S2/c1-10-3-8-13(21-10)22(18,19)15-9-11-4-6-12(7-5-11)16-14(17)20-2/h3-8,15H,9H2,1-2H3,(H,16,17). The van der Waals surface area contributed by atoms with E-state index in [1.54, 1.807) is 36.4 Å². The minimum atomic E-state index is -3.49. The normalized spacial score (nSPS) is 11.2. The van der Waals surface area contributed by atoms with E-state index < -0.39 is 16.1 Å². The summed E-state index contributed by atoms with van der Waals surface area (Å²) in [4.78, 5) is 12.0. The number of carbonyl (C=O) groups excluding carboxylic acids is 1. The van der Waals surface area contributed by atoms with Crippen molar-refractivity contribution in [3.8, 4) is 0 Å². The maximum absolute atomic E-state index is 12.1. The number of carbonyl (C=O) groups is 1. The number of thiophene rings is 1. The fraction of sp³-hybridized carbons (Fsp3) is 0.214. The Morgan fingerprint density at radius 3 is 2.41 bits per heavy atom. The van der Waals surface area contributed by atoms with Crippen LogP contribution in [0.3, 0.4) is 0 Å². The molecule has 2 rings (SSSR count). The van der Waals surface area contributed by atoms with Gasteiger partial charge in [0.25, 0.3) is 0 Å². The second kappa shape index (κ2) is 6.91. The van der Waals surface area contributed by atoms with Crippen molar-refractivity contribution in [2.75, 3.05) is 12.4 Å². The number of anilines is 1. The molecule has 0 saturated carbocycles. The number of amides is 1. The van der Waals surface area contributed by atoms with Crippen molar-refractivity contribution in [1.82, 2.24) is 4.72 Å². The molecular weight excluding hydrogens is 324 g/mol. The smallest absolute Gasteiger partial charge is 0.411 e. The molecule has 1 amide bonds. The number of nitrogens with one attached hydrogen (secondary N) is 2. The van der Waals surface area contributed by atoms with Crippen LogP contribution in [0.2, 0.25) is 0 Å². The molecule has 0 unspecified atom stereocenters. The van der Waals surface area contributed by atoms with E-state index in [4.69, 9.17) is 0 Å². The second-order valence-electron chi connectivity index (χ2n) is 4.50. The molecule has 0 aliphatic heterocycles. The van der Waals surface area contributed by atoms with Gasteiger partial charge in [0.15, 0.2) is 0 Å². The van der Waals surface area contributed by atoms with Gasteiger partial charge in [-0.1, -0.05) is 12.1 Å². The topological polar surface area (TPSA) is 84.5 Å². The molecule has 6 nitrogen and oxygen atoms in total. The molecule has 0 radical (unpaired) electrons. The van der Waals surface area contributed by atoms with E-state index in [-0.39, 0.29) is 6.54 Å². The van der Waals surface area contributed by atoms with Crippen molar-refractivity contribution >= 4 is 33.1 Å². The molecule has 1 aromatic carbocycles. The van der Waals surface area contributed by atoms with E-state index in [9.17, 15) is 13.2 Å². The summed E-state index contributed by atoms with van der Waals surface area (Å²) in [6, 6.07) is 10.2. The molecule has 2 aromatic rings. The highest BCUT2D eigenvalue weighted by Crippen LogP contribution is 2.20. The zero-order valence-electron chi connectivity index (χ0n) is 12.1. The minimum absolute atomic E-state index is 0.178. The van der Waals surface area contributed by atoms with Gasteiger partial charge in [-0.2, -0.15) is 0 Å². The fourth-order valence-electron chi connectivity index (χ4n) is 1.68. The van der Waals surface area contributed by atoms with Crippen LogP contribution in [0.25, 0.3) is 0 Å². The molecule has 0 bridgehead atoms. The summed E-state index contributed by atoms with van der Waals surface area (Å²) in [5, 5.41) is 2.52. The Bertz CT molecular complexity index is 751. The molecule has 118 valence electrons. The summed E-state index contributed by atoms with van der Waals surface area (Å²) in [7, 11) is -2.21. The van der Waals surface area contributed by atoms with Gasteiger partial charge in [-0.05, 0) is 36.8 Å². The molecular formula is C14H16N2O4S2. The average molecular weight is 340 g/mol. The molecule has 0 fully saturated rings. The molecule has 0 saturated heterocycles. The average Bonchev–Trinajstić information content (AvgIpc) is 2.94. The predicted molar refractivity (Wildman–Crippen MR) is 85.6 cm³/mol. The van der Waals surface area contributed by atoms with Crippen LogP contribution in [0, 0.1) is 6.92 Å². The largest absolute Gasteiger partial charge is 0.453 e. The molecule has 0 aliphatic carbocycles. The van der Waals surface area contributed by atoms with Gasteiger partial charge in [0.1, 0.15) is 4.21 Å². The lowest BCUT2D eigenvalue weighted by atomic mass is 10.2. The zero-order chi connectivity index (χ0) is 16.2. The number of benzene rings is 1. The van der Waals surface area contributed by atoms with Gasteiger partial charge in [0, 0.05) is 17.1 Å². The van der Waals surface area contributed by atoms with Crippen LogP contribution in [0.1, 0.15) is 10.4 Å². The Hall–Kier alpha value is -1.90. The van der Waals surface area contributed by atoms with Gasteiger partial charge >= 0.3 is 6.09 Å². The third kappa shape index (κ3) is 4.30. The summed E-state index contributed by atoms with van der Waals surface area (Å²) in [6.07, 6.45) is -0.554. The Balaban J connectivity index is 1.98. The molecule has 22 heavy (non-hydrogen) atoms. The quantitative estimate of drug-likeness (QED) is 0.876. The highest BCUT2D eigenvalue weighted by Gasteiger charge is 2.15. The van der Waals surface area contributed by atoms with E-state index in [0.29, 0.717) is 9.90 Å². The van der Waals surface area contributed by atoms with Crippen LogP contribution in [0.5, 0.6) is 0 Å². The van der Waals surface area contributed by atoms with Crippen LogP contribution in [-0.4, -0.2) is 21.6 Å². The van der Waals surface area contributed by atoms with E-state index >= 15 is 0 Å². The maximum atomic E-state index is 12.1. The first kappa shape index (κ1) is 16.5. The SMILES string of the molecule is COC(=O)Nc1ccc(CNS(=O)(=O)c2ccc(C)s2)cc1. The number of methoxy groups -OCH3 is 1. The Morgan fingerprint density at radius 1 is 1.18 bits per heavy atom. The van der Waals surface area contributed by atoms with Crippen LogP contribution < -0.4 is 10.0 Å². The third-order valence-corrected chi connectivity index (χ3v) is 5.73. The third-order valence-electron chi connectivity index (χ3n) is 2.83. The number of sulfonamides is 1. The number of rotatable bonds is 5. The highest BCUT2D eigenvalue weighted by atomic mass is 32.2. The van der Waals surface area contributed by atoms with E-state index in [2.05, 4.69) is 14.8 Å². The van der Waals surface area contributed by atoms with Crippen LogP contribution in [0.15, 0.2) is 40.6 Å². The van der Waals surface area contributed by atoms with Gasteiger partial charge < -0.3 is 4.74 Å². The van der Waals surface area contributed by atoms with Crippen LogP contribution in [0.4, 0.5) is 10.5 Å². The fourth-order valence-corrected chi connectivity index (χ4v) is 4.03. The predicted octanol–water partition coefficient (Wildman–Crippen LogP) is 2.71. The highest BCUT2D eigenvalue weighted by molar-refractivity contribution is 7.91. The number of hydrogen-bond donors (Lipinski definition) is 2. The monoisotopic (exact) mass is 340 g/mol. The summed E-state index contributed by atoms with van der Waals surface area (Å²) in [6.45, 7) is 2.04. The molecule has 8 heteroatoms. The maximum Gasteiger partial charge on any atom is 0.411 e. The molecule has 1 heterocycles. The number of hydrogen-bond acceptors (Lipinski definition) is 5. The first-order chi connectivity index (χ1) is 10.4. The van der Waals surface area contributed by atoms with Crippen molar-refractivity contribution in [3.63, 3.8) is 0 Å². The van der Waals surface area contributed by atoms with Gasteiger partial charge in [-0.15, -0.1) is 11.3 Å². The first-order valence-electron chi connectivity index (χ1n) is 6.41.